The Kier molecular flexibility index (Phi) is 6.96. The van der Waals surface area contributed by atoms with Crippen molar-refractivity contribution in [3.63, 3.8) is 0 Å². The molecule has 3 rings (SSSR count). The van der Waals surface area contributed by atoms with Crippen molar-refractivity contribution in [2.45, 2.75) is 0 Å². The summed E-state index contributed by atoms with van der Waals surface area (Å²) in [5, 5.41) is 0.938. The van der Waals surface area contributed by atoms with Crippen molar-refractivity contribution in [3.05, 3.63) is 65.5 Å². The van der Waals surface area contributed by atoms with Crippen LogP contribution in [-0.2, 0) is 0 Å². The van der Waals surface area contributed by atoms with Gasteiger partial charge in [0.15, 0.2) is 11.5 Å². The van der Waals surface area contributed by atoms with E-state index < -0.39 is 0 Å². The number of anilines is 2. The normalized spacial score (nSPS) is 10.9. The lowest BCUT2D eigenvalue weighted by molar-refractivity contribution is 0.461. The third kappa shape index (κ3) is 4.64. The number of nitrogen functional groups attached to an aromatic ring is 2. The molecule has 0 amide bonds. The van der Waals surface area contributed by atoms with Gasteiger partial charge >= 0.3 is 0 Å². The van der Waals surface area contributed by atoms with Crippen LogP contribution in [-0.4, -0.2) is 0 Å². The Morgan fingerprint density at radius 3 is 1.55 bits per heavy atom. The van der Waals surface area contributed by atoms with E-state index in [2.05, 4.69) is 0 Å². The third-order valence-corrected chi connectivity index (χ3v) is 6.25. The first kappa shape index (κ1) is 22.6. The molecule has 11 heteroatoms. The summed E-state index contributed by atoms with van der Waals surface area (Å²) in [5.74, 6) is 0.559. The van der Waals surface area contributed by atoms with Crippen molar-refractivity contribution in [1.82, 2.24) is 0 Å². The lowest BCUT2D eigenvalue weighted by atomic mass is 10.2. The van der Waals surface area contributed by atoms with E-state index in [1.807, 2.05) is 0 Å². The van der Waals surface area contributed by atoms with E-state index in [1.165, 1.54) is 24.3 Å². The predicted octanol–water partition coefficient (Wildman–Crippen LogP) is 9.01. The SMILES string of the molecule is Nc1cc(Cl)c(Cl)c(Oc2ccc(Cl)c(Oc3c(Cl)c(N)cc(Cl)c3Cl)c2)c1Cl. The molecular weight excluding hydrogens is 524 g/mol. The van der Waals surface area contributed by atoms with Gasteiger partial charge in [0.25, 0.3) is 0 Å². The van der Waals surface area contributed by atoms with Crippen LogP contribution < -0.4 is 20.9 Å². The Morgan fingerprint density at radius 1 is 0.552 bits per heavy atom. The summed E-state index contributed by atoms with van der Waals surface area (Å²) in [6.45, 7) is 0. The second kappa shape index (κ2) is 8.94. The van der Waals surface area contributed by atoms with Crippen molar-refractivity contribution in [2.24, 2.45) is 0 Å². The topological polar surface area (TPSA) is 70.5 Å². The molecule has 29 heavy (non-hydrogen) atoms. The number of halogens is 7. The van der Waals surface area contributed by atoms with E-state index in [9.17, 15) is 0 Å². The van der Waals surface area contributed by atoms with Crippen LogP contribution in [0.3, 0.4) is 0 Å². The van der Waals surface area contributed by atoms with Crippen LogP contribution in [0.1, 0.15) is 0 Å². The molecular formula is C18H9Cl7N2O2. The van der Waals surface area contributed by atoms with Crippen molar-refractivity contribution >= 4 is 92.6 Å². The molecule has 0 heterocycles. The Bertz CT molecular complexity index is 1070. The smallest absolute Gasteiger partial charge is 0.168 e. The zero-order valence-electron chi connectivity index (χ0n) is 14.0. The summed E-state index contributed by atoms with van der Waals surface area (Å²) in [5.41, 5.74) is 12.0. The van der Waals surface area contributed by atoms with E-state index in [-0.39, 0.29) is 69.5 Å². The number of nitrogens with two attached hydrogens (primary N) is 2. The van der Waals surface area contributed by atoms with Gasteiger partial charge in [-0.1, -0.05) is 81.2 Å². The Balaban J connectivity index is 2.01. The maximum absolute atomic E-state index is 6.22. The molecule has 4 N–H and O–H groups in total. The number of hydrogen-bond acceptors (Lipinski definition) is 4. The lowest BCUT2D eigenvalue weighted by Gasteiger charge is -2.16. The molecule has 0 unspecified atom stereocenters. The summed E-state index contributed by atoms with van der Waals surface area (Å²) >= 11 is 43.0. The largest absolute Gasteiger partial charge is 0.454 e. The van der Waals surface area contributed by atoms with Gasteiger partial charge in [-0.15, -0.1) is 0 Å². The predicted molar refractivity (Wildman–Crippen MR) is 123 cm³/mol. The number of benzene rings is 3. The van der Waals surface area contributed by atoms with Gasteiger partial charge in [-0.25, -0.2) is 0 Å². The van der Waals surface area contributed by atoms with Gasteiger partial charge in [0, 0.05) is 6.07 Å². The molecule has 0 fully saturated rings. The average molecular weight is 533 g/mol. The van der Waals surface area contributed by atoms with Crippen LogP contribution in [0.25, 0.3) is 0 Å². The summed E-state index contributed by atoms with van der Waals surface area (Å²) in [7, 11) is 0. The first-order valence-corrected chi connectivity index (χ1v) is 10.3. The fourth-order valence-electron chi connectivity index (χ4n) is 2.23. The molecule has 0 aliphatic carbocycles. The van der Waals surface area contributed by atoms with Gasteiger partial charge in [0.1, 0.15) is 31.6 Å². The van der Waals surface area contributed by atoms with Crippen LogP contribution in [0.4, 0.5) is 11.4 Å². The van der Waals surface area contributed by atoms with Crippen LogP contribution in [0.15, 0.2) is 30.3 Å². The van der Waals surface area contributed by atoms with E-state index in [0.717, 1.165) is 0 Å². The third-order valence-electron chi connectivity index (χ3n) is 3.62. The number of rotatable bonds is 4. The van der Waals surface area contributed by atoms with Crippen LogP contribution in [0.2, 0.25) is 35.2 Å². The number of ether oxygens (including phenoxy) is 2. The Labute approximate surface area is 201 Å². The molecule has 0 radical (unpaired) electrons. The monoisotopic (exact) mass is 530 g/mol. The quantitative estimate of drug-likeness (QED) is 0.259. The highest BCUT2D eigenvalue weighted by atomic mass is 35.5. The van der Waals surface area contributed by atoms with Gasteiger partial charge in [-0.05, 0) is 24.3 Å². The first-order chi connectivity index (χ1) is 13.6. The molecule has 0 aliphatic heterocycles. The van der Waals surface area contributed by atoms with Crippen molar-refractivity contribution in [2.75, 3.05) is 11.5 Å². The zero-order valence-corrected chi connectivity index (χ0v) is 19.3. The molecule has 0 aromatic heterocycles. The summed E-state index contributed by atoms with van der Waals surface area (Å²) < 4.78 is 11.5. The Hall–Kier alpha value is -1.11. The van der Waals surface area contributed by atoms with Crippen molar-refractivity contribution < 1.29 is 9.47 Å². The second-order valence-electron chi connectivity index (χ2n) is 5.61. The zero-order chi connectivity index (χ0) is 21.5. The lowest BCUT2D eigenvalue weighted by Crippen LogP contribution is -1.95. The highest BCUT2D eigenvalue weighted by molar-refractivity contribution is 6.46. The maximum atomic E-state index is 6.22. The van der Waals surface area contributed by atoms with E-state index in [0.29, 0.717) is 0 Å². The van der Waals surface area contributed by atoms with E-state index >= 15 is 0 Å². The second-order valence-corrected chi connectivity index (χ2v) is 8.34. The average Bonchev–Trinajstić information content (AvgIpc) is 2.67. The van der Waals surface area contributed by atoms with E-state index in [4.69, 9.17) is 102 Å². The van der Waals surface area contributed by atoms with Gasteiger partial charge in [-0.3, -0.25) is 0 Å². The fourth-order valence-corrected chi connectivity index (χ4v) is 3.64. The minimum absolute atomic E-state index is 0.0421. The molecule has 4 nitrogen and oxygen atoms in total. The highest BCUT2D eigenvalue weighted by Crippen LogP contribution is 2.47. The molecule has 0 aliphatic rings. The summed E-state index contributed by atoms with van der Waals surface area (Å²) in [4.78, 5) is 0. The first-order valence-electron chi connectivity index (χ1n) is 7.61. The molecule has 3 aromatic carbocycles. The maximum Gasteiger partial charge on any atom is 0.168 e. The molecule has 152 valence electrons. The Morgan fingerprint density at radius 2 is 1.03 bits per heavy atom. The molecule has 0 saturated heterocycles. The van der Waals surface area contributed by atoms with Gasteiger partial charge < -0.3 is 20.9 Å². The van der Waals surface area contributed by atoms with Crippen molar-refractivity contribution in [1.29, 1.82) is 0 Å². The molecule has 0 saturated carbocycles. The molecule has 0 bridgehead atoms. The molecule has 0 spiro atoms. The number of hydrogen-bond donors (Lipinski definition) is 2. The summed E-state index contributed by atoms with van der Waals surface area (Å²) in [6.07, 6.45) is 0. The van der Waals surface area contributed by atoms with Gasteiger partial charge in [-0.2, -0.15) is 0 Å². The summed E-state index contributed by atoms with van der Waals surface area (Å²) in [6, 6.07) is 7.39. The minimum atomic E-state index is 0.0421. The van der Waals surface area contributed by atoms with Crippen LogP contribution >= 0.6 is 81.2 Å². The van der Waals surface area contributed by atoms with Crippen molar-refractivity contribution in [3.8, 4) is 23.0 Å². The van der Waals surface area contributed by atoms with Gasteiger partial charge in [0.05, 0.1) is 26.4 Å². The van der Waals surface area contributed by atoms with Crippen LogP contribution in [0, 0.1) is 0 Å². The molecule has 0 atom stereocenters. The molecule has 3 aromatic rings. The highest BCUT2D eigenvalue weighted by Gasteiger charge is 2.19. The standard InChI is InChI=1S/C18H9Cl7N2O2/c19-7-2-1-6(28-17-13(22)8(20)4-10(26)15(17)24)3-12(7)29-18-14(23)9(21)5-11(27)16(18)25/h1-5H,26-27H2. The fraction of sp³-hybridized carbons (Fsp3) is 0. The van der Waals surface area contributed by atoms with Crippen LogP contribution in [0.5, 0.6) is 23.0 Å². The van der Waals surface area contributed by atoms with E-state index in [1.54, 1.807) is 6.07 Å². The minimum Gasteiger partial charge on any atom is -0.454 e. The van der Waals surface area contributed by atoms with Gasteiger partial charge in [0.2, 0.25) is 0 Å².